The van der Waals surface area contributed by atoms with E-state index in [9.17, 15) is 9.59 Å². The van der Waals surface area contributed by atoms with Gasteiger partial charge < -0.3 is 14.7 Å². The molecule has 2 rings (SSSR count). The number of rotatable bonds is 2. The molecular formula is C16H23N3O2. The first-order valence-electron chi connectivity index (χ1n) is 7.27. The first kappa shape index (κ1) is 15.4. The molecule has 0 N–H and O–H groups in total. The lowest BCUT2D eigenvalue weighted by molar-refractivity contribution is -0.131. The molecule has 5 nitrogen and oxygen atoms in total. The molecule has 3 amide bonds. The molecule has 5 heteroatoms. The van der Waals surface area contributed by atoms with E-state index in [0.29, 0.717) is 32.6 Å². The molecule has 21 heavy (non-hydrogen) atoms. The number of piperazine rings is 1. The molecule has 114 valence electrons. The third kappa shape index (κ3) is 3.97. The van der Waals surface area contributed by atoms with Crippen molar-refractivity contribution in [2.45, 2.75) is 13.3 Å². The van der Waals surface area contributed by atoms with E-state index >= 15 is 0 Å². The Morgan fingerprint density at radius 1 is 1.00 bits per heavy atom. The zero-order valence-corrected chi connectivity index (χ0v) is 13.0. The van der Waals surface area contributed by atoms with Crippen molar-refractivity contribution in [2.24, 2.45) is 0 Å². The number of urea groups is 1. The van der Waals surface area contributed by atoms with E-state index in [2.05, 4.69) is 0 Å². The van der Waals surface area contributed by atoms with Gasteiger partial charge in [-0.1, -0.05) is 29.8 Å². The molecule has 0 aliphatic carbocycles. The molecule has 0 bridgehead atoms. The van der Waals surface area contributed by atoms with Crippen LogP contribution in [-0.2, 0) is 11.2 Å². The van der Waals surface area contributed by atoms with Crippen molar-refractivity contribution in [3.8, 4) is 0 Å². The van der Waals surface area contributed by atoms with E-state index in [0.717, 1.165) is 5.56 Å². The fraction of sp³-hybridized carbons (Fsp3) is 0.500. The highest BCUT2D eigenvalue weighted by atomic mass is 16.2. The van der Waals surface area contributed by atoms with Crippen molar-refractivity contribution in [1.82, 2.24) is 14.7 Å². The van der Waals surface area contributed by atoms with Crippen LogP contribution in [-0.4, -0.2) is 66.9 Å². The lowest BCUT2D eigenvalue weighted by Gasteiger charge is -2.36. The normalized spacial score (nSPS) is 15.0. The summed E-state index contributed by atoms with van der Waals surface area (Å²) in [4.78, 5) is 29.3. The summed E-state index contributed by atoms with van der Waals surface area (Å²) in [6, 6.07) is 8.06. The molecule has 1 aromatic carbocycles. The van der Waals surface area contributed by atoms with Gasteiger partial charge in [-0.25, -0.2) is 4.79 Å². The van der Waals surface area contributed by atoms with Crippen LogP contribution >= 0.6 is 0 Å². The summed E-state index contributed by atoms with van der Waals surface area (Å²) in [5.41, 5.74) is 2.24. The van der Waals surface area contributed by atoms with Gasteiger partial charge in [0.25, 0.3) is 0 Å². The topological polar surface area (TPSA) is 43.9 Å². The minimum atomic E-state index is 0.0145. The summed E-state index contributed by atoms with van der Waals surface area (Å²) >= 11 is 0. The van der Waals surface area contributed by atoms with Gasteiger partial charge in [0.05, 0.1) is 6.42 Å². The molecule has 1 aromatic rings. The highest BCUT2D eigenvalue weighted by Crippen LogP contribution is 2.09. The Hall–Kier alpha value is -2.04. The summed E-state index contributed by atoms with van der Waals surface area (Å²) in [6.07, 6.45) is 0.432. The van der Waals surface area contributed by atoms with Crippen molar-refractivity contribution < 1.29 is 9.59 Å². The summed E-state index contributed by atoms with van der Waals surface area (Å²) in [7, 11) is 3.49. The maximum Gasteiger partial charge on any atom is 0.319 e. The average Bonchev–Trinajstić information content (AvgIpc) is 2.49. The van der Waals surface area contributed by atoms with E-state index in [4.69, 9.17) is 0 Å². The fourth-order valence-electron chi connectivity index (χ4n) is 2.42. The zero-order chi connectivity index (χ0) is 15.4. The summed E-state index contributed by atoms with van der Waals surface area (Å²) < 4.78 is 0. The van der Waals surface area contributed by atoms with Gasteiger partial charge in [0.2, 0.25) is 5.91 Å². The Morgan fingerprint density at radius 2 is 1.52 bits per heavy atom. The van der Waals surface area contributed by atoms with Crippen LogP contribution in [0, 0.1) is 6.92 Å². The first-order chi connectivity index (χ1) is 9.97. The molecule has 1 aliphatic rings. The molecule has 1 aliphatic heterocycles. The Labute approximate surface area is 126 Å². The molecular weight excluding hydrogens is 266 g/mol. The number of carbonyl (C=O) groups is 2. The van der Waals surface area contributed by atoms with Gasteiger partial charge in [-0.2, -0.15) is 0 Å². The van der Waals surface area contributed by atoms with Crippen LogP contribution in [0.25, 0.3) is 0 Å². The second-order valence-corrected chi connectivity index (χ2v) is 5.71. The van der Waals surface area contributed by atoms with Crippen molar-refractivity contribution in [3.63, 3.8) is 0 Å². The molecule has 1 saturated heterocycles. The first-order valence-corrected chi connectivity index (χ1v) is 7.27. The Morgan fingerprint density at radius 3 is 2.05 bits per heavy atom. The number of aryl methyl sites for hydroxylation is 1. The highest BCUT2D eigenvalue weighted by Gasteiger charge is 2.24. The Kier molecular flexibility index (Phi) is 4.83. The smallest absolute Gasteiger partial charge is 0.319 e. The molecule has 1 heterocycles. The van der Waals surface area contributed by atoms with E-state index in [1.54, 1.807) is 23.9 Å². The van der Waals surface area contributed by atoms with Gasteiger partial charge in [-0.05, 0) is 12.5 Å². The van der Waals surface area contributed by atoms with Crippen LogP contribution in [0.5, 0.6) is 0 Å². The minimum Gasteiger partial charge on any atom is -0.339 e. The van der Waals surface area contributed by atoms with Gasteiger partial charge >= 0.3 is 6.03 Å². The average molecular weight is 289 g/mol. The molecule has 0 radical (unpaired) electrons. The van der Waals surface area contributed by atoms with Crippen LogP contribution in [0.2, 0.25) is 0 Å². The van der Waals surface area contributed by atoms with Crippen molar-refractivity contribution >= 4 is 11.9 Å². The Bertz CT molecular complexity index is 503. The molecule has 0 atom stereocenters. The maximum atomic E-state index is 12.3. The van der Waals surface area contributed by atoms with E-state index in [1.165, 1.54) is 5.56 Å². The number of benzene rings is 1. The maximum absolute atomic E-state index is 12.3. The standard InChI is InChI=1S/C16H23N3O2/c1-13-4-6-14(7-5-13)12-15(20)18-8-10-19(11-9-18)16(21)17(2)3/h4-7H,8-12H2,1-3H3. The highest BCUT2D eigenvalue weighted by molar-refractivity contribution is 5.79. The predicted molar refractivity (Wildman–Crippen MR) is 82.1 cm³/mol. The van der Waals surface area contributed by atoms with Crippen LogP contribution < -0.4 is 0 Å². The van der Waals surface area contributed by atoms with Crippen LogP contribution in [0.3, 0.4) is 0 Å². The van der Waals surface area contributed by atoms with Crippen LogP contribution in [0.15, 0.2) is 24.3 Å². The van der Waals surface area contributed by atoms with Gasteiger partial charge in [0, 0.05) is 40.3 Å². The summed E-state index contributed by atoms with van der Waals surface area (Å²) in [5.74, 6) is 0.135. The molecule has 0 saturated carbocycles. The SMILES string of the molecule is Cc1ccc(CC(=O)N2CCN(C(=O)N(C)C)CC2)cc1. The monoisotopic (exact) mass is 289 g/mol. The van der Waals surface area contributed by atoms with Crippen molar-refractivity contribution in [2.75, 3.05) is 40.3 Å². The van der Waals surface area contributed by atoms with Crippen LogP contribution in [0.1, 0.15) is 11.1 Å². The minimum absolute atomic E-state index is 0.0145. The quantitative estimate of drug-likeness (QED) is 0.825. The molecule has 0 aromatic heterocycles. The molecule has 0 spiro atoms. The van der Waals surface area contributed by atoms with E-state index < -0.39 is 0 Å². The summed E-state index contributed by atoms with van der Waals surface area (Å²) in [6.45, 7) is 4.48. The number of hydrogen-bond acceptors (Lipinski definition) is 2. The second-order valence-electron chi connectivity index (χ2n) is 5.71. The van der Waals surface area contributed by atoms with Crippen LogP contribution in [0.4, 0.5) is 4.79 Å². The lowest BCUT2D eigenvalue weighted by Crippen LogP contribution is -2.53. The van der Waals surface area contributed by atoms with Crippen molar-refractivity contribution in [3.05, 3.63) is 35.4 Å². The molecule has 0 unspecified atom stereocenters. The third-order valence-corrected chi connectivity index (χ3v) is 3.76. The number of carbonyl (C=O) groups excluding carboxylic acids is 2. The van der Waals surface area contributed by atoms with E-state index in [-0.39, 0.29) is 11.9 Å². The van der Waals surface area contributed by atoms with Gasteiger partial charge in [-0.3, -0.25) is 4.79 Å². The fourth-order valence-corrected chi connectivity index (χ4v) is 2.42. The van der Waals surface area contributed by atoms with Gasteiger partial charge in [-0.15, -0.1) is 0 Å². The lowest BCUT2D eigenvalue weighted by atomic mass is 10.1. The molecule has 1 fully saturated rings. The van der Waals surface area contributed by atoms with Gasteiger partial charge in [0.15, 0.2) is 0 Å². The largest absolute Gasteiger partial charge is 0.339 e. The number of nitrogens with zero attached hydrogens (tertiary/aromatic N) is 3. The van der Waals surface area contributed by atoms with Gasteiger partial charge in [0.1, 0.15) is 0 Å². The van der Waals surface area contributed by atoms with E-state index in [1.807, 2.05) is 36.1 Å². The van der Waals surface area contributed by atoms with Crippen molar-refractivity contribution in [1.29, 1.82) is 0 Å². The number of amides is 3. The Balaban J connectivity index is 1.86. The zero-order valence-electron chi connectivity index (χ0n) is 13.0. The second kappa shape index (κ2) is 6.61. The number of hydrogen-bond donors (Lipinski definition) is 0. The predicted octanol–water partition coefficient (Wildman–Crippen LogP) is 1.36. The third-order valence-electron chi connectivity index (χ3n) is 3.76. The summed E-state index contributed by atoms with van der Waals surface area (Å²) in [5, 5.41) is 0.